The quantitative estimate of drug-likeness (QED) is 0.638. The Morgan fingerprint density at radius 1 is 1.09 bits per heavy atom. The van der Waals surface area contributed by atoms with E-state index in [9.17, 15) is 13.2 Å². The van der Waals surface area contributed by atoms with Crippen molar-refractivity contribution in [1.82, 2.24) is 10.2 Å². The third-order valence-corrected chi connectivity index (χ3v) is 10.1. The van der Waals surface area contributed by atoms with Gasteiger partial charge in [0.2, 0.25) is 5.91 Å². The maximum absolute atomic E-state index is 13.8. The van der Waals surface area contributed by atoms with E-state index in [4.69, 9.17) is 4.74 Å². The number of nitrogens with one attached hydrogen (secondary N) is 1. The van der Waals surface area contributed by atoms with Crippen molar-refractivity contribution < 1.29 is 17.9 Å². The number of carbonyl (C=O) groups is 1. The molecule has 2 aliphatic rings. The molecule has 2 fully saturated rings. The van der Waals surface area contributed by atoms with Crippen molar-refractivity contribution in [3.63, 3.8) is 0 Å². The second-order valence-corrected chi connectivity index (χ2v) is 12.0. The lowest BCUT2D eigenvalue weighted by Gasteiger charge is -2.35. The first-order valence-corrected chi connectivity index (χ1v) is 13.7. The normalized spacial score (nSPS) is 19.1. The molecule has 1 heterocycles. The van der Waals surface area contributed by atoms with Crippen LogP contribution in [-0.4, -0.2) is 50.2 Å². The zero-order valence-corrected chi connectivity index (χ0v) is 21.3. The number of rotatable bonds is 7. The second kappa shape index (κ2) is 10.1. The molecule has 1 N–H and O–H groups in total. The second-order valence-electron chi connectivity index (χ2n) is 9.81. The molecule has 1 aliphatic carbocycles. The van der Waals surface area contributed by atoms with Gasteiger partial charge in [-0.05, 0) is 62.8 Å². The SMILES string of the molecule is COc1ccccc1CN1CCC(NC(=O)C2(S(=O)(=O)c3cc(C)ccc3C)CCCC2)CC1. The zero-order valence-electron chi connectivity index (χ0n) is 20.5. The Labute approximate surface area is 203 Å². The molecule has 7 heteroatoms. The third kappa shape index (κ3) is 4.73. The Morgan fingerprint density at radius 2 is 1.76 bits per heavy atom. The molecule has 1 saturated carbocycles. The van der Waals surface area contributed by atoms with Crippen molar-refractivity contribution in [2.24, 2.45) is 0 Å². The summed E-state index contributed by atoms with van der Waals surface area (Å²) in [6.45, 7) is 6.19. The largest absolute Gasteiger partial charge is 0.496 e. The molecule has 2 aromatic carbocycles. The molecule has 0 radical (unpaired) electrons. The molecule has 34 heavy (non-hydrogen) atoms. The summed E-state index contributed by atoms with van der Waals surface area (Å²) in [6, 6.07) is 13.5. The number of carbonyl (C=O) groups excluding carboxylic acids is 1. The number of benzene rings is 2. The van der Waals surface area contributed by atoms with E-state index < -0.39 is 14.6 Å². The predicted octanol–water partition coefficient (Wildman–Crippen LogP) is 4.18. The molecule has 1 aliphatic heterocycles. The first-order chi connectivity index (χ1) is 16.3. The van der Waals surface area contributed by atoms with Crippen LogP contribution in [0.5, 0.6) is 5.75 Å². The van der Waals surface area contributed by atoms with E-state index in [0.717, 1.165) is 62.2 Å². The molecule has 1 saturated heterocycles. The molecule has 2 aromatic rings. The summed E-state index contributed by atoms with van der Waals surface area (Å²) in [5.41, 5.74) is 2.74. The fourth-order valence-electron chi connectivity index (χ4n) is 5.40. The monoisotopic (exact) mass is 484 g/mol. The van der Waals surface area contributed by atoms with Crippen molar-refractivity contribution >= 4 is 15.7 Å². The molecule has 4 rings (SSSR count). The summed E-state index contributed by atoms with van der Waals surface area (Å²) in [5.74, 6) is 0.576. The van der Waals surface area contributed by atoms with Gasteiger partial charge in [-0.25, -0.2) is 8.42 Å². The van der Waals surface area contributed by atoms with Gasteiger partial charge in [0.25, 0.3) is 0 Å². The van der Waals surface area contributed by atoms with Gasteiger partial charge >= 0.3 is 0 Å². The fourth-order valence-corrected chi connectivity index (χ4v) is 7.78. The molecular formula is C27H36N2O4S. The van der Waals surface area contributed by atoms with Gasteiger partial charge in [-0.1, -0.05) is 43.2 Å². The average Bonchev–Trinajstić information content (AvgIpc) is 3.34. The van der Waals surface area contributed by atoms with Gasteiger partial charge in [0, 0.05) is 31.2 Å². The molecule has 0 spiro atoms. The van der Waals surface area contributed by atoms with Crippen LogP contribution in [0.3, 0.4) is 0 Å². The van der Waals surface area contributed by atoms with Crippen molar-refractivity contribution in [3.8, 4) is 5.75 Å². The van der Waals surface area contributed by atoms with E-state index in [2.05, 4.69) is 16.3 Å². The van der Waals surface area contributed by atoms with Crippen LogP contribution in [0, 0.1) is 13.8 Å². The molecule has 0 aromatic heterocycles. The summed E-state index contributed by atoms with van der Waals surface area (Å²) >= 11 is 0. The van der Waals surface area contributed by atoms with Crippen LogP contribution < -0.4 is 10.1 Å². The lowest BCUT2D eigenvalue weighted by molar-refractivity contribution is -0.124. The van der Waals surface area contributed by atoms with Gasteiger partial charge < -0.3 is 10.1 Å². The summed E-state index contributed by atoms with van der Waals surface area (Å²) in [7, 11) is -2.11. The highest BCUT2D eigenvalue weighted by molar-refractivity contribution is 7.93. The van der Waals surface area contributed by atoms with E-state index in [1.54, 1.807) is 13.2 Å². The lowest BCUT2D eigenvalue weighted by atomic mass is 10.0. The lowest BCUT2D eigenvalue weighted by Crippen LogP contribution is -2.55. The topological polar surface area (TPSA) is 75.7 Å². The Kier molecular flexibility index (Phi) is 7.33. The number of ether oxygens (including phenoxy) is 1. The maximum Gasteiger partial charge on any atom is 0.242 e. The highest BCUT2D eigenvalue weighted by Gasteiger charge is 2.53. The first kappa shape index (κ1) is 24.7. The van der Waals surface area contributed by atoms with E-state index in [1.807, 2.05) is 44.2 Å². The third-order valence-electron chi connectivity index (χ3n) is 7.48. The van der Waals surface area contributed by atoms with Crippen molar-refractivity contribution in [2.75, 3.05) is 20.2 Å². The molecule has 1 amide bonds. The number of methoxy groups -OCH3 is 1. The van der Waals surface area contributed by atoms with E-state index >= 15 is 0 Å². The fraction of sp³-hybridized carbons (Fsp3) is 0.519. The number of nitrogens with zero attached hydrogens (tertiary/aromatic N) is 1. The average molecular weight is 485 g/mol. The van der Waals surface area contributed by atoms with E-state index in [1.165, 1.54) is 0 Å². The number of hydrogen-bond acceptors (Lipinski definition) is 5. The number of likely N-dealkylation sites (tertiary alicyclic amines) is 1. The molecular weight excluding hydrogens is 448 g/mol. The van der Waals surface area contributed by atoms with Crippen molar-refractivity contribution in [3.05, 3.63) is 59.2 Å². The van der Waals surface area contributed by atoms with Gasteiger partial charge in [-0.2, -0.15) is 0 Å². The number of amides is 1. The van der Waals surface area contributed by atoms with Crippen LogP contribution >= 0.6 is 0 Å². The van der Waals surface area contributed by atoms with Gasteiger partial charge in [-0.15, -0.1) is 0 Å². The summed E-state index contributed by atoms with van der Waals surface area (Å²) < 4.78 is 31.8. The smallest absolute Gasteiger partial charge is 0.242 e. The Bertz CT molecular complexity index is 1130. The Balaban J connectivity index is 1.44. The Morgan fingerprint density at radius 3 is 2.44 bits per heavy atom. The van der Waals surface area contributed by atoms with Crippen LogP contribution in [0.2, 0.25) is 0 Å². The minimum absolute atomic E-state index is 0.00676. The number of piperidine rings is 1. The first-order valence-electron chi connectivity index (χ1n) is 12.2. The summed E-state index contributed by atoms with van der Waals surface area (Å²) in [6.07, 6.45) is 3.91. The predicted molar refractivity (Wildman–Crippen MR) is 134 cm³/mol. The molecule has 184 valence electrons. The van der Waals surface area contributed by atoms with Gasteiger partial charge in [0.15, 0.2) is 14.6 Å². The molecule has 0 unspecified atom stereocenters. The summed E-state index contributed by atoms with van der Waals surface area (Å²) in [5, 5.41) is 3.15. The van der Waals surface area contributed by atoms with Gasteiger partial charge in [0.1, 0.15) is 5.75 Å². The Hall–Kier alpha value is -2.38. The maximum atomic E-state index is 13.8. The molecule has 0 bridgehead atoms. The molecule has 6 nitrogen and oxygen atoms in total. The van der Waals surface area contributed by atoms with Crippen LogP contribution in [0.25, 0.3) is 0 Å². The van der Waals surface area contributed by atoms with Crippen molar-refractivity contribution in [1.29, 1.82) is 0 Å². The number of hydrogen-bond donors (Lipinski definition) is 1. The minimum atomic E-state index is -3.80. The van der Waals surface area contributed by atoms with Gasteiger partial charge in [-0.3, -0.25) is 9.69 Å². The summed E-state index contributed by atoms with van der Waals surface area (Å²) in [4.78, 5) is 16.2. The van der Waals surface area contributed by atoms with E-state index in [-0.39, 0.29) is 11.9 Å². The van der Waals surface area contributed by atoms with Crippen molar-refractivity contribution in [2.45, 2.75) is 74.6 Å². The van der Waals surface area contributed by atoms with Crippen LogP contribution in [0.15, 0.2) is 47.4 Å². The number of para-hydroxylation sites is 1. The highest BCUT2D eigenvalue weighted by Crippen LogP contribution is 2.42. The number of aryl methyl sites for hydroxylation is 2. The van der Waals surface area contributed by atoms with Gasteiger partial charge in [0.05, 0.1) is 12.0 Å². The van der Waals surface area contributed by atoms with Crippen LogP contribution in [0.1, 0.15) is 55.2 Å². The van der Waals surface area contributed by atoms with Crippen LogP contribution in [0.4, 0.5) is 0 Å². The highest BCUT2D eigenvalue weighted by atomic mass is 32.2. The minimum Gasteiger partial charge on any atom is -0.496 e. The standard InChI is InChI=1S/C27H36N2O4S/c1-20-10-11-21(2)25(18-20)34(31,32)27(14-6-7-15-27)26(30)28-23-12-16-29(17-13-23)19-22-8-4-5-9-24(22)33-3/h4-5,8-11,18,23H,6-7,12-17,19H2,1-3H3,(H,28,30). The van der Waals surface area contributed by atoms with E-state index in [0.29, 0.717) is 23.3 Å². The van der Waals surface area contributed by atoms with Crippen LogP contribution in [-0.2, 0) is 21.2 Å². The number of sulfone groups is 1. The zero-order chi connectivity index (χ0) is 24.3. The molecule has 0 atom stereocenters.